The molecule has 0 spiro atoms. The van der Waals surface area contributed by atoms with Crippen LogP contribution in [0.25, 0.3) is 16.2 Å². The minimum absolute atomic E-state index is 0.322. The van der Waals surface area contributed by atoms with Gasteiger partial charge in [0.25, 0.3) is 5.78 Å². The summed E-state index contributed by atoms with van der Waals surface area (Å²) in [5, 5.41) is 14.1. The first kappa shape index (κ1) is 7.44. The van der Waals surface area contributed by atoms with E-state index in [4.69, 9.17) is 5.53 Å². The highest BCUT2D eigenvalue weighted by Crippen LogP contribution is 2.12. The van der Waals surface area contributed by atoms with E-state index < -0.39 is 0 Å². The van der Waals surface area contributed by atoms with Crippen LogP contribution in [0.2, 0.25) is 0 Å². The van der Waals surface area contributed by atoms with Crippen molar-refractivity contribution in [2.24, 2.45) is 5.11 Å². The van der Waals surface area contributed by atoms with Crippen LogP contribution in [-0.4, -0.2) is 25.0 Å². The highest BCUT2D eigenvalue weighted by atomic mass is 15.5. The lowest BCUT2D eigenvalue weighted by atomic mass is 10.4. The molecule has 0 bridgehead atoms. The molecule has 0 aliphatic carbocycles. The lowest BCUT2D eigenvalue weighted by Gasteiger charge is -1.95. The third-order valence-electron chi connectivity index (χ3n) is 1.43. The van der Waals surface area contributed by atoms with Crippen molar-refractivity contribution < 1.29 is 0 Å². The summed E-state index contributed by atoms with van der Waals surface area (Å²) in [4.78, 5) is 6.68. The molecule has 13 heavy (non-hydrogen) atoms. The lowest BCUT2D eigenvalue weighted by Crippen LogP contribution is -1.93. The fourth-order valence-electron chi connectivity index (χ4n) is 0.955. The van der Waals surface area contributed by atoms with Gasteiger partial charge < -0.3 is 0 Å². The van der Waals surface area contributed by atoms with Crippen molar-refractivity contribution in [1.29, 1.82) is 0 Å². The molecule has 0 N–H and O–H groups in total. The number of azide groups is 1. The summed E-state index contributed by atoms with van der Waals surface area (Å²) in [5.41, 5.74) is 8.96. The van der Waals surface area contributed by atoms with Crippen LogP contribution >= 0.6 is 0 Å². The minimum Gasteiger partial charge on any atom is -0.215 e. The molecule has 0 aliphatic heterocycles. The van der Waals surface area contributed by atoms with Crippen molar-refractivity contribution in [1.82, 2.24) is 25.0 Å². The third-order valence-corrected chi connectivity index (χ3v) is 1.43. The van der Waals surface area contributed by atoms with Crippen LogP contribution in [0.4, 0.5) is 5.82 Å². The zero-order valence-corrected chi connectivity index (χ0v) is 6.66. The van der Waals surface area contributed by atoms with Gasteiger partial charge in [-0.2, -0.15) is 4.52 Å². The van der Waals surface area contributed by atoms with Crippen LogP contribution in [0.15, 0.2) is 11.2 Å². The van der Waals surface area contributed by atoms with E-state index >= 15 is 0 Å². The van der Waals surface area contributed by atoms with Crippen LogP contribution in [0.1, 0.15) is 5.69 Å². The van der Waals surface area contributed by atoms with Gasteiger partial charge in [-0.1, -0.05) is 5.10 Å². The molecule has 0 amide bonds. The Bertz CT molecular complexity index is 492. The normalized spacial score (nSPS) is 9.92. The SMILES string of the molecule is Cc1cc(N=[N+]=[N-])n2nnnc2n1. The minimum atomic E-state index is 0.322. The van der Waals surface area contributed by atoms with Gasteiger partial charge in [0.15, 0.2) is 0 Å². The first-order valence-electron chi connectivity index (χ1n) is 3.42. The standard InChI is InChI=1S/C5H4N8/c1-3-2-4(8-10-6)13-5(7-3)9-11-12-13/h2H,1H3. The molecule has 2 aromatic rings. The molecular formula is C5H4N8. The predicted molar refractivity (Wildman–Crippen MR) is 42.1 cm³/mol. The third kappa shape index (κ3) is 1.14. The molecule has 0 atom stereocenters. The van der Waals surface area contributed by atoms with Crippen molar-refractivity contribution in [3.05, 3.63) is 22.2 Å². The van der Waals surface area contributed by atoms with Gasteiger partial charge in [0.05, 0.1) is 0 Å². The van der Waals surface area contributed by atoms with Crippen LogP contribution in [-0.2, 0) is 0 Å². The van der Waals surface area contributed by atoms with Crippen molar-refractivity contribution >= 4 is 11.6 Å². The molecule has 0 aliphatic rings. The Morgan fingerprint density at radius 2 is 2.46 bits per heavy atom. The molecule has 0 saturated carbocycles. The summed E-state index contributed by atoms with van der Waals surface area (Å²) in [5.74, 6) is 0.650. The molecule has 2 heterocycles. The number of fused-ring (bicyclic) bond motifs is 1. The molecule has 2 aromatic heterocycles. The summed E-state index contributed by atoms with van der Waals surface area (Å²) in [7, 11) is 0. The van der Waals surface area contributed by atoms with Crippen LogP contribution < -0.4 is 0 Å². The Hall–Kier alpha value is -2.21. The van der Waals surface area contributed by atoms with E-state index in [0.29, 0.717) is 17.3 Å². The van der Waals surface area contributed by atoms with Crippen LogP contribution in [0.5, 0.6) is 0 Å². The van der Waals surface area contributed by atoms with E-state index in [2.05, 4.69) is 30.5 Å². The molecule has 0 fully saturated rings. The number of hydrogen-bond donors (Lipinski definition) is 0. The molecule has 0 radical (unpaired) electrons. The Morgan fingerprint density at radius 1 is 1.62 bits per heavy atom. The second kappa shape index (κ2) is 2.68. The monoisotopic (exact) mass is 176 g/mol. The molecule has 8 heteroatoms. The van der Waals surface area contributed by atoms with E-state index in [-0.39, 0.29) is 0 Å². The number of aryl methyl sites for hydroxylation is 1. The summed E-state index contributed by atoms with van der Waals surface area (Å²) in [6, 6.07) is 1.60. The maximum atomic E-state index is 8.26. The van der Waals surface area contributed by atoms with E-state index in [1.54, 1.807) is 13.0 Å². The van der Waals surface area contributed by atoms with Gasteiger partial charge in [0.1, 0.15) is 5.82 Å². The average molecular weight is 176 g/mol. The maximum Gasteiger partial charge on any atom is 0.274 e. The maximum absolute atomic E-state index is 8.26. The zero-order valence-electron chi connectivity index (χ0n) is 6.66. The van der Waals surface area contributed by atoms with Crippen LogP contribution in [0, 0.1) is 6.92 Å². The number of nitrogens with zero attached hydrogens (tertiary/aromatic N) is 8. The van der Waals surface area contributed by atoms with Gasteiger partial charge in [0.2, 0.25) is 0 Å². The van der Waals surface area contributed by atoms with Gasteiger partial charge in [-0.05, 0) is 34.1 Å². The van der Waals surface area contributed by atoms with Gasteiger partial charge in [-0.15, -0.1) is 0 Å². The number of tetrazole rings is 1. The van der Waals surface area contributed by atoms with Crippen molar-refractivity contribution in [2.45, 2.75) is 6.92 Å². The first-order chi connectivity index (χ1) is 6.31. The summed E-state index contributed by atoms with van der Waals surface area (Å²) in [6.07, 6.45) is 0. The fraction of sp³-hybridized carbons (Fsp3) is 0.200. The van der Waals surface area contributed by atoms with Gasteiger partial charge >= 0.3 is 0 Å². The highest BCUT2D eigenvalue weighted by Gasteiger charge is 2.03. The van der Waals surface area contributed by atoms with Gasteiger partial charge in [-0.3, -0.25) is 0 Å². The number of rotatable bonds is 1. The number of aromatic nitrogens is 5. The van der Waals surface area contributed by atoms with Crippen molar-refractivity contribution in [3.8, 4) is 0 Å². The largest absolute Gasteiger partial charge is 0.274 e. The number of hydrogen-bond acceptors (Lipinski definition) is 5. The molecule has 8 nitrogen and oxygen atoms in total. The fourth-order valence-corrected chi connectivity index (χ4v) is 0.955. The van der Waals surface area contributed by atoms with Crippen LogP contribution in [0.3, 0.4) is 0 Å². The van der Waals surface area contributed by atoms with E-state index in [1.165, 1.54) is 4.52 Å². The summed E-state index contributed by atoms with van der Waals surface area (Å²) >= 11 is 0. The molecule has 0 unspecified atom stereocenters. The van der Waals surface area contributed by atoms with E-state index in [9.17, 15) is 0 Å². The zero-order chi connectivity index (χ0) is 9.26. The molecule has 2 rings (SSSR count). The lowest BCUT2D eigenvalue weighted by molar-refractivity contribution is 0.819. The molecule has 0 saturated heterocycles. The Balaban J connectivity index is 2.84. The quantitative estimate of drug-likeness (QED) is 0.363. The average Bonchev–Trinajstić information content (AvgIpc) is 2.52. The topological polar surface area (TPSA) is 105 Å². The molecule has 64 valence electrons. The van der Waals surface area contributed by atoms with E-state index in [1.807, 2.05) is 0 Å². The van der Waals surface area contributed by atoms with Crippen molar-refractivity contribution in [2.75, 3.05) is 0 Å². The second-order valence-electron chi connectivity index (χ2n) is 2.34. The summed E-state index contributed by atoms with van der Waals surface area (Å²) < 4.78 is 1.27. The van der Waals surface area contributed by atoms with Gasteiger partial charge in [-0.25, -0.2) is 4.98 Å². The first-order valence-corrected chi connectivity index (χ1v) is 3.42. The molecule has 0 aromatic carbocycles. The Kier molecular flexibility index (Phi) is 1.54. The van der Waals surface area contributed by atoms with Crippen molar-refractivity contribution in [3.63, 3.8) is 0 Å². The predicted octanol–water partition coefficient (Wildman–Crippen LogP) is 0.770. The smallest absolute Gasteiger partial charge is 0.215 e. The highest BCUT2D eigenvalue weighted by molar-refractivity contribution is 5.39. The van der Waals surface area contributed by atoms with Gasteiger partial charge in [0, 0.05) is 10.6 Å². The Labute approximate surface area is 71.8 Å². The second-order valence-corrected chi connectivity index (χ2v) is 2.34. The molecular weight excluding hydrogens is 172 g/mol. The van der Waals surface area contributed by atoms with E-state index in [0.717, 1.165) is 0 Å². The summed E-state index contributed by atoms with van der Waals surface area (Å²) in [6.45, 7) is 1.77. The Morgan fingerprint density at radius 3 is 3.23 bits per heavy atom.